The average Bonchev–Trinajstić information content (AvgIpc) is 3.21. The Morgan fingerprint density at radius 2 is 1.75 bits per heavy atom. The van der Waals surface area contributed by atoms with Crippen molar-refractivity contribution in [3.63, 3.8) is 0 Å². The number of nitrogens with zero attached hydrogens (tertiary/aromatic N) is 2. The Labute approximate surface area is 167 Å². The smallest absolute Gasteiger partial charge is 0.256 e. The van der Waals surface area contributed by atoms with E-state index >= 15 is 0 Å². The van der Waals surface area contributed by atoms with Crippen LogP contribution in [-0.4, -0.2) is 60.4 Å². The summed E-state index contributed by atoms with van der Waals surface area (Å²) in [5.74, 6) is 0.185. The molecule has 1 aromatic carbocycles. The van der Waals surface area contributed by atoms with Gasteiger partial charge in [0.2, 0.25) is 5.91 Å². The van der Waals surface area contributed by atoms with E-state index in [1.165, 1.54) is 25.0 Å². The highest BCUT2D eigenvalue weighted by Crippen LogP contribution is 2.31. The first-order valence-corrected chi connectivity index (χ1v) is 10.5. The number of rotatable bonds is 6. The van der Waals surface area contributed by atoms with Gasteiger partial charge in [0.25, 0.3) is 5.91 Å². The largest absolute Gasteiger partial charge is 0.354 e. The minimum absolute atomic E-state index is 0.119. The molecule has 2 amide bonds. The van der Waals surface area contributed by atoms with Crippen LogP contribution < -0.4 is 5.32 Å². The molecule has 1 N–H and O–H groups in total. The van der Waals surface area contributed by atoms with Crippen molar-refractivity contribution in [1.82, 2.24) is 15.1 Å². The third-order valence-corrected chi connectivity index (χ3v) is 5.90. The predicted octanol–water partition coefficient (Wildman–Crippen LogP) is 2.91. The summed E-state index contributed by atoms with van der Waals surface area (Å²) in [6, 6.07) is 6.00. The molecule has 1 aromatic rings. The maximum absolute atomic E-state index is 13.9. The molecule has 0 bridgehead atoms. The highest BCUT2D eigenvalue weighted by molar-refractivity contribution is 5.94. The van der Waals surface area contributed by atoms with Crippen molar-refractivity contribution in [2.24, 2.45) is 11.8 Å². The van der Waals surface area contributed by atoms with Gasteiger partial charge in [-0.25, -0.2) is 4.39 Å². The van der Waals surface area contributed by atoms with Gasteiger partial charge in [-0.2, -0.15) is 0 Å². The Kier molecular flexibility index (Phi) is 7.05. The van der Waals surface area contributed by atoms with E-state index in [1.54, 1.807) is 17.0 Å². The molecule has 2 aliphatic rings. The third kappa shape index (κ3) is 4.90. The number of hydrogen-bond acceptors (Lipinski definition) is 3. The molecular weight excluding hydrogens is 357 g/mol. The second-order valence-corrected chi connectivity index (χ2v) is 8.44. The summed E-state index contributed by atoms with van der Waals surface area (Å²) in [4.78, 5) is 29.5. The van der Waals surface area contributed by atoms with E-state index in [0.29, 0.717) is 44.6 Å². The van der Waals surface area contributed by atoms with E-state index in [4.69, 9.17) is 0 Å². The van der Waals surface area contributed by atoms with Gasteiger partial charge in [0.05, 0.1) is 11.6 Å². The van der Waals surface area contributed by atoms with Crippen molar-refractivity contribution in [3.05, 3.63) is 35.6 Å². The van der Waals surface area contributed by atoms with Gasteiger partial charge in [0.1, 0.15) is 5.82 Å². The molecule has 1 heterocycles. The van der Waals surface area contributed by atoms with Crippen LogP contribution in [0.4, 0.5) is 4.39 Å². The standard InChI is InChI=1S/C22H32FN3O2/c1-16(2)15-24-21(27)20(17-7-3-4-8-17)25-11-13-26(14-12-25)22(28)18-9-5-6-10-19(18)23/h5-6,9-10,16-17,20H,3-4,7-8,11-15H2,1-2H3,(H,24,27). The predicted molar refractivity (Wildman–Crippen MR) is 107 cm³/mol. The number of carbonyl (C=O) groups is 2. The zero-order chi connectivity index (χ0) is 20.1. The fourth-order valence-corrected chi connectivity index (χ4v) is 4.37. The van der Waals surface area contributed by atoms with E-state index in [0.717, 1.165) is 12.8 Å². The van der Waals surface area contributed by atoms with Crippen molar-refractivity contribution in [3.8, 4) is 0 Å². The lowest BCUT2D eigenvalue weighted by Gasteiger charge is -2.40. The van der Waals surface area contributed by atoms with Crippen LogP contribution in [0.25, 0.3) is 0 Å². The monoisotopic (exact) mass is 389 g/mol. The highest BCUT2D eigenvalue weighted by atomic mass is 19.1. The van der Waals surface area contributed by atoms with E-state index in [2.05, 4.69) is 24.1 Å². The lowest BCUT2D eigenvalue weighted by molar-refractivity contribution is -0.129. The number of halogens is 1. The van der Waals surface area contributed by atoms with Crippen LogP contribution in [0.3, 0.4) is 0 Å². The summed E-state index contributed by atoms with van der Waals surface area (Å²) in [5, 5.41) is 3.11. The second-order valence-electron chi connectivity index (χ2n) is 8.44. The molecule has 0 spiro atoms. The van der Waals surface area contributed by atoms with Crippen LogP contribution in [-0.2, 0) is 4.79 Å². The number of amides is 2. The number of hydrogen-bond donors (Lipinski definition) is 1. The van der Waals surface area contributed by atoms with E-state index in [-0.39, 0.29) is 23.4 Å². The van der Waals surface area contributed by atoms with Crippen molar-refractivity contribution < 1.29 is 14.0 Å². The van der Waals surface area contributed by atoms with E-state index < -0.39 is 5.82 Å². The molecule has 0 aromatic heterocycles. The van der Waals surface area contributed by atoms with Crippen molar-refractivity contribution in [2.45, 2.75) is 45.6 Å². The summed E-state index contributed by atoms with van der Waals surface area (Å²) in [7, 11) is 0. The molecule has 0 radical (unpaired) electrons. The number of piperazine rings is 1. The highest BCUT2D eigenvalue weighted by Gasteiger charge is 2.37. The average molecular weight is 390 g/mol. The molecule has 1 saturated heterocycles. The molecule has 1 saturated carbocycles. The van der Waals surface area contributed by atoms with Gasteiger partial charge in [0.15, 0.2) is 0 Å². The van der Waals surface area contributed by atoms with Crippen molar-refractivity contribution in [1.29, 1.82) is 0 Å². The topological polar surface area (TPSA) is 52.7 Å². The first kappa shape index (κ1) is 20.8. The van der Waals surface area contributed by atoms with Gasteiger partial charge in [-0.3, -0.25) is 14.5 Å². The second kappa shape index (κ2) is 9.50. The van der Waals surface area contributed by atoms with E-state index in [1.807, 2.05) is 0 Å². The SMILES string of the molecule is CC(C)CNC(=O)C(C1CCCC1)N1CCN(C(=O)c2ccccc2F)CC1. The minimum Gasteiger partial charge on any atom is -0.354 e. The molecule has 28 heavy (non-hydrogen) atoms. The molecule has 1 aliphatic carbocycles. The molecule has 2 fully saturated rings. The zero-order valence-corrected chi connectivity index (χ0v) is 17.0. The molecule has 1 atom stereocenters. The Morgan fingerprint density at radius 3 is 2.36 bits per heavy atom. The maximum Gasteiger partial charge on any atom is 0.256 e. The van der Waals surface area contributed by atoms with Gasteiger partial charge in [-0.1, -0.05) is 38.8 Å². The Hall–Kier alpha value is -1.95. The molecule has 6 heteroatoms. The summed E-state index contributed by atoms with van der Waals surface area (Å²) >= 11 is 0. The van der Waals surface area contributed by atoms with Crippen molar-refractivity contribution in [2.75, 3.05) is 32.7 Å². The summed E-state index contributed by atoms with van der Waals surface area (Å²) in [6.45, 7) is 7.22. The molecular formula is C22H32FN3O2. The Balaban J connectivity index is 1.63. The van der Waals surface area contributed by atoms with E-state index in [9.17, 15) is 14.0 Å². The van der Waals surface area contributed by atoms with Gasteiger partial charge in [0, 0.05) is 32.7 Å². The number of carbonyl (C=O) groups excluding carboxylic acids is 2. The van der Waals surface area contributed by atoms with Crippen LogP contribution in [0.5, 0.6) is 0 Å². The molecule has 5 nitrogen and oxygen atoms in total. The lowest BCUT2D eigenvalue weighted by atomic mass is 9.94. The van der Waals surface area contributed by atoms with Crippen LogP contribution >= 0.6 is 0 Å². The van der Waals surface area contributed by atoms with Crippen LogP contribution in [0.2, 0.25) is 0 Å². The lowest BCUT2D eigenvalue weighted by Crippen LogP contribution is -2.58. The van der Waals surface area contributed by atoms with Crippen LogP contribution in [0.15, 0.2) is 24.3 Å². The summed E-state index contributed by atoms with van der Waals surface area (Å²) in [5.41, 5.74) is 0.123. The van der Waals surface area contributed by atoms with Crippen LogP contribution in [0.1, 0.15) is 49.9 Å². The number of nitrogens with one attached hydrogen (secondary N) is 1. The fourth-order valence-electron chi connectivity index (χ4n) is 4.37. The van der Waals surface area contributed by atoms with Gasteiger partial charge in [-0.05, 0) is 36.8 Å². The molecule has 1 unspecified atom stereocenters. The summed E-state index contributed by atoms with van der Waals surface area (Å²) < 4.78 is 13.9. The fraction of sp³-hybridized carbons (Fsp3) is 0.636. The molecule has 154 valence electrons. The van der Waals surface area contributed by atoms with Crippen molar-refractivity contribution >= 4 is 11.8 Å². The normalized spacial score (nSPS) is 19.8. The van der Waals surface area contributed by atoms with Gasteiger partial charge in [-0.15, -0.1) is 0 Å². The zero-order valence-electron chi connectivity index (χ0n) is 17.0. The quantitative estimate of drug-likeness (QED) is 0.814. The maximum atomic E-state index is 13.9. The number of benzene rings is 1. The Bertz CT molecular complexity index is 680. The molecule has 1 aliphatic heterocycles. The summed E-state index contributed by atoms with van der Waals surface area (Å²) in [6.07, 6.45) is 4.55. The molecule has 3 rings (SSSR count). The van der Waals surface area contributed by atoms with Crippen LogP contribution in [0, 0.1) is 17.7 Å². The van der Waals surface area contributed by atoms with Gasteiger partial charge < -0.3 is 10.2 Å². The minimum atomic E-state index is -0.480. The first-order chi connectivity index (χ1) is 13.5. The third-order valence-electron chi connectivity index (χ3n) is 5.90. The first-order valence-electron chi connectivity index (χ1n) is 10.5. The van der Waals surface area contributed by atoms with Gasteiger partial charge >= 0.3 is 0 Å². The Morgan fingerprint density at radius 1 is 1.11 bits per heavy atom.